The first kappa shape index (κ1) is 15.9. The quantitative estimate of drug-likeness (QED) is 0.628. The van der Waals surface area contributed by atoms with Gasteiger partial charge in [-0.2, -0.15) is 0 Å². The van der Waals surface area contributed by atoms with Gasteiger partial charge in [0, 0.05) is 27.3 Å². The lowest BCUT2D eigenvalue weighted by molar-refractivity contribution is 0.0914. The van der Waals surface area contributed by atoms with Crippen LogP contribution in [0.4, 0.5) is 8.78 Å². The number of alkyl halides is 2. The van der Waals surface area contributed by atoms with E-state index in [1.165, 1.54) is 12.1 Å². The number of hydrogen-bond donors (Lipinski definition) is 0. The number of benzene rings is 2. The number of carbonyl (C=O) groups is 1. The molecule has 1 unspecified atom stereocenters. The van der Waals surface area contributed by atoms with Crippen molar-refractivity contribution in [3.8, 4) is 0 Å². The highest BCUT2D eigenvalue weighted by atomic mass is 35.5. The standard InChI is InChI=1S/C15H11ClF2O2S/c1-21(20)15(17,18)12-6-2-10(3-7-12)14(19)11-4-8-13(16)9-5-11/h2-9H,1H3. The summed E-state index contributed by atoms with van der Waals surface area (Å²) in [6.07, 6.45) is 0.937. The summed E-state index contributed by atoms with van der Waals surface area (Å²) in [4.78, 5) is 12.2. The largest absolute Gasteiger partial charge is 0.612 e. The van der Waals surface area contributed by atoms with Crippen molar-refractivity contribution in [1.82, 2.24) is 0 Å². The average molecular weight is 329 g/mol. The Morgan fingerprint density at radius 1 is 1.05 bits per heavy atom. The van der Waals surface area contributed by atoms with Gasteiger partial charge in [-0.1, -0.05) is 23.7 Å². The van der Waals surface area contributed by atoms with Crippen molar-refractivity contribution in [3.05, 3.63) is 70.2 Å². The maximum Gasteiger partial charge on any atom is 0.433 e. The first-order valence-corrected chi connectivity index (χ1v) is 7.88. The summed E-state index contributed by atoms with van der Waals surface area (Å²) in [6.45, 7) is 0. The van der Waals surface area contributed by atoms with E-state index < -0.39 is 16.4 Å². The molecule has 0 saturated carbocycles. The van der Waals surface area contributed by atoms with Gasteiger partial charge in [-0.25, -0.2) is 0 Å². The van der Waals surface area contributed by atoms with E-state index in [0.29, 0.717) is 10.6 Å². The Bertz CT molecular complexity index is 640. The average Bonchev–Trinajstić information content (AvgIpc) is 2.47. The highest BCUT2D eigenvalue weighted by Gasteiger charge is 2.42. The summed E-state index contributed by atoms with van der Waals surface area (Å²) in [6, 6.07) is 11.1. The molecule has 0 fully saturated rings. The summed E-state index contributed by atoms with van der Waals surface area (Å²) < 4.78 is 38.2. The van der Waals surface area contributed by atoms with Gasteiger partial charge in [0.1, 0.15) is 6.26 Å². The second-order valence-electron chi connectivity index (χ2n) is 4.38. The molecule has 2 aromatic carbocycles. The fourth-order valence-corrected chi connectivity index (χ4v) is 2.34. The molecule has 0 saturated heterocycles. The molecule has 0 radical (unpaired) electrons. The lowest BCUT2D eigenvalue weighted by atomic mass is 10.0. The van der Waals surface area contributed by atoms with Gasteiger partial charge < -0.3 is 4.55 Å². The van der Waals surface area contributed by atoms with Gasteiger partial charge >= 0.3 is 5.25 Å². The van der Waals surface area contributed by atoms with E-state index in [4.69, 9.17) is 11.6 Å². The minimum absolute atomic E-state index is 0.277. The van der Waals surface area contributed by atoms with Gasteiger partial charge in [0.15, 0.2) is 5.78 Å². The van der Waals surface area contributed by atoms with Crippen LogP contribution in [0.15, 0.2) is 48.5 Å². The summed E-state index contributed by atoms with van der Waals surface area (Å²) in [5, 5.41) is -2.92. The van der Waals surface area contributed by atoms with Crippen molar-refractivity contribution < 1.29 is 18.1 Å². The van der Waals surface area contributed by atoms with Crippen LogP contribution < -0.4 is 0 Å². The molecular weight excluding hydrogens is 318 g/mol. The maximum absolute atomic E-state index is 13.6. The monoisotopic (exact) mass is 328 g/mol. The SMILES string of the molecule is C[S+]([O-])C(F)(F)c1ccc(C(=O)c2ccc(Cl)cc2)cc1. The lowest BCUT2D eigenvalue weighted by Crippen LogP contribution is -2.24. The Hall–Kier alpha value is -1.43. The molecule has 0 N–H and O–H groups in total. The molecule has 6 heteroatoms. The van der Waals surface area contributed by atoms with Crippen LogP contribution in [0.2, 0.25) is 5.02 Å². The maximum atomic E-state index is 13.6. The van der Waals surface area contributed by atoms with Crippen LogP contribution >= 0.6 is 11.6 Å². The molecule has 110 valence electrons. The molecule has 1 atom stereocenters. The van der Waals surface area contributed by atoms with Gasteiger partial charge in [0.2, 0.25) is 0 Å². The van der Waals surface area contributed by atoms with Crippen LogP contribution in [0.25, 0.3) is 0 Å². The molecule has 0 spiro atoms. The van der Waals surface area contributed by atoms with Crippen molar-refractivity contribution in [1.29, 1.82) is 0 Å². The number of rotatable bonds is 4. The zero-order chi connectivity index (χ0) is 15.6. The van der Waals surface area contributed by atoms with Crippen LogP contribution in [-0.4, -0.2) is 16.6 Å². The molecule has 0 aliphatic heterocycles. The van der Waals surface area contributed by atoms with Crippen LogP contribution in [0.5, 0.6) is 0 Å². The smallest absolute Gasteiger partial charge is 0.433 e. The third kappa shape index (κ3) is 3.43. The third-order valence-electron chi connectivity index (χ3n) is 2.95. The predicted octanol–water partition coefficient (Wildman–Crippen LogP) is 4.00. The second kappa shape index (κ2) is 6.13. The van der Waals surface area contributed by atoms with Gasteiger partial charge in [-0.3, -0.25) is 4.79 Å². The molecule has 0 aliphatic carbocycles. The van der Waals surface area contributed by atoms with E-state index in [9.17, 15) is 18.1 Å². The number of carbonyl (C=O) groups excluding carboxylic acids is 1. The molecule has 2 rings (SSSR count). The van der Waals surface area contributed by atoms with E-state index in [0.717, 1.165) is 18.4 Å². The van der Waals surface area contributed by atoms with Gasteiger partial charge in [-0.05, 0) is 36.4 Å². The zero-order valence-electron chi connectivity index (χ0n) is 11.0. The highest BCUT2D eigenvalue weighted by Crippen LogP contribution is 2.33. The summed E-state index contributed by atoms with van der Waals surface area (Å²) in [5.41, 5.74) is 0.313. The van der Waals surface area contributed by atoms with E-state index in [1.54, 1.807) is 24.3 Å². The minimum atomic E-state index is -3.43. The molecule has 2 aromatic rings. The molecule has 21 heavy (non-hydrogen) atoms. The molecule has 0 aromatic heterocycles. The van der Waals surface area contributed by atoms with Crippen molar-refractivity contribution in [2.75, 3.05) is 6.26 Å². The Morgan fingerprint density at radius 3 is 1.90 bits per heavy atom. The zero-order valence-corrected chi connectivity index (χ0v) is 12.5. The van der Waals surface area contributed by atoms with Crippen LogP contribution in [0.3, 0.4) is 0 Å². The van der Waals surface area contributed by atoms with Crippen molar-refractivity contribution in [2.45, 2.75) is 5.25 Å². The topological polar surface area (TPSA) is 40.1 Å². The Morgan fingerprint density at radius 2 is 1.48 bits per heavy atom. The Kier molecular flexibility index (Phi) is 4.66. The number of halogens is 3. The van der Waals surface area contributed by atoms with Crippen molar-refractivity contribution in [2.24, 2.45) is 0 Å². The second-order valence-corrected chi connectivity index (χ2v) is 6.24. The minimum Gasteiger partial charge on any atom is -0.612 e. The molecule has 0 heterocycles. The fraction of sp³-hybridized carbons (Fsp3) is 0.133. The third-order valence-corrected chi connectivity index (χ3v) is 4.16. The van der Waals surface area contributed by atoms with Crippen LogP contribution in [-0.2, 0) is 16.4 Å². The summed E-state index contributed by atoms with van der Waals surface area (Å²) >= 11 is 3.42. The number of hydrogen-bond acceptors (Lipinski definition) is 2. The first-order chi connectivity index (χ1) is 9.82. The highest BCUT2D eigenvalue weighted by molar-refractivity contribution is 7.91. The van der Waals surface area contributed by atoms with Gasteiger partial charge in [-0.15, -0.1) is 8.78 Å². The normalized spacial score (nSPS) is 13.0. The predicted molar refractivity (Wildman–Crippen MR) is 79.3 cm³/mol. The summed E-state index contributed by atoms with van der Waals surface area (Å²) in [5.74, 6) is -0.292. The van der Waals surface area contributed by atoms with Crippen LogP contribution in [0.1, 0.15) is 21.5 Å². The van der Waals surface area contributed by atoms with E-state index >= 15 is 0 Å². The molecule has 0 bridgehead atoms. The number of ketones is 1. The van der Waals surface area contributed by atoms with Crippen LogP contribution in [0, 0.1) is 0 Å². The lowest BCUT2D eigenvalue weighted by Gasteiger charge is -2.17. The Labute approximate surface area is 128 Å². The van der Waals surface area contributed by atoms with Gasteiger partial charge in [0.05, 0.1) is 5.56 Å². The van der Waals surface area contributed by atoms with E-state index in [-0.39, 0.29) is 16.9 Å². The molecule has 2 nitrogen and oxygen atoms in total. The first-order valence-electron chi connectivity index (χ1n) is 5.94. The van der Waals surface area contributed by atoms with E-state index in [2.05, 4.69) is 0 Å². The van der Waals surface area contributed by atoms with Crippen molar-refractivity contribution >= 4 is 28.6 Å². The molecular formula is C15H11ClF2O2S. The van der Waals surface area contributed by atoms with Crippen molar-refractivity contribution in [3.63, 3.8) is 0 Å². The van der Waals surface area contributed by atoms with E-state index in [1.807, 2.05) is 0 Å². The van der Waals surface area contributed by atoms with Gasteiger partial charge in [0.25, 0.3) is 0 Å². The molecule has 0 aliphatic rings. The fourth-order valence-electron chi connectivity index (χ4n) is 1.75. The molecule has 0 amide bonds. The summed E-state index contributed by atoms with van der Waals surface area (Å²) in [7, 11) is 0. The Balaban J connectivity index is 2.27.